The third kappa shape index (κ3) is 3.41. The molecule has 0 spiro atoms. The lowest BCUT2D eigenvalue weighted by Crippen LogP contribution is -2.17. The van der Waals surface area contributed by atoms with E-state index in [1.54, 1.807) is 0 Å². The zero-order valence-corrected chi connectivity index (χ0v) is 9.67. The van der Waals surface area contributed by atoms with Crippen LogP contribution in [0.25, 0.3) is 0 Å². The Kier molecular flexibility index (Phi) is 3.99. The number of anilines is 1. The molecule has 0 fully saturated rings. The van der Waals surface area contributed by atoms with Crippen LogP contribution in [0.3, 0.4) is 0 Å². The van der Waals surface area contributed by atoms with Crippen molar-refractivity contribution in [3.8, 4) is 0 Å². The molecular formula is C13H21N. The van der Waals surface area contributed by atoms with Crippen LogP contribution in [0.15, 0.2) is 24.3 Å². The molecule has 1 nitrogen and oxygen atoms in total. The van der Waals surface area contributed by atoms with E-state index < -0.39 is 0 Å². The van der Waals surface area contributed by atoms with Crippen LogP contribution in [0.4, 0.5) is 5.69 Å². The van der Waals surface area contributed by atoms with Gasteiger partial charge < -0.3 is 5.32 Å². The van der Waals surface area contributed by atoms with Gasteiger partial charge in [-0.15, -0.1) is 0 Å². The van der Waals surface area contributed by atoms with Crippen LogP contribution < -0.4 is 5.32 Å². The minimum Gasteiger partial charge on any atom is -0.382 e. The van der Waals surface area contributed by atoms with E-state index in [4.69, 9.17) is 0 Å². The number of hydrogen-bond donors (Lipinski definition) is 1. The van der Waals surface area contributed by atoms with Gasteiger partial charge in [-0.2, -0.15) is 0 Å². The van der Waals surface area contributed by atoms with Gasteiger partial charge in [-0.3, -0.25) is 0 Å². The first-order valence-corrected chi connectivity index (χ1v) is 5.41. The quantitative estimate of drug-likeness (QED) is 0.762. The zero-order valence-electron chi connectivity index (χ0n) is 9.67. The van der Waals surface area contributed by atoms with E-state index in [1.807, 2.05) is 0 Å². The molecule has 1 atom stereocenters. The fraction of sp³-hybridized carbons (Fsp3) is 0.538. The molecule has 0 heterocycles. The summed E-state index contributed by atoms with van der Waals surface area (Å²) in [6, 6.07) is 9.00. The molecule has 0 radical (unpaired) electrons. The Labute approximate surface area is 87.5 Å². The van der Waals surface area contributed by atoms with Crippen LogP contribution in [0.1, 0.15) is 32.8 Å². The molecule has 0 aromatic heterocycles. The lowest BCUT2D eigenvalue weighted by molar-refractivity contribution is 0.539. The van der Waals surface area contributed by atoms with Crippen molar-refractivity contribution >= 4 is 5.69 Å². The maximum absolute atomic E-state index is 3.54. The van der Waals surface area contributed by atoms with Gasteiger partial charge >= 0.3 is 0 Å². The molecular weight excluding hydrogens is 170 g/mol. The molecule has 1 aromatic rings. The molecule has 0 saturated heterocycles. The topological polar surface area (TPSA) is 12.0 Å². The molecule has 1 aromatic carbocycles. The summed E-state index contributed by atoms with van der Waals surface area (Å²) in [4.78, 5) is 0. The number of para-hydroxylation sites is 1. The molecule has 1 rings (SSSR count). The van der Waals surface area contributed by atoms with Crippen LogP contribution >= 0.6 is 0 Å². The number of benzene rings is 1. The Balaban J connectivity index is 2.56. The first-order valence-electron chi connectivity index (χ1n) is 5.41. The maximum atomic E-state index is 3.54. The summed E-state index contributed by atoms with van der Waals surface area (Å²) in [5.74, 6) is 0.751. The predicted molar refractivity (Wildman–Crippen MR) is 63.7 cm³/mol. The molecule has 0 aliphatic carbocycles. The minimum atomic E-state index is 0.552. The third-order valence-corrected chi connectivity index (χ3v) is 2.37. The minimum absolute atomic E-state index is 0.552. The molecule has 14 heavy (non-hydrogen) atoms. The molecule has 0 amide bonds. The van der Waals surface area contributed by atoms with Crippen LogP contribution in [-0.4, -0.2) is 6.04 Å². The molecule has 78 valence electrons. The highest BCUT2D eigenvalue weighted by Crippen LogP contribution is 2.16. The normalized spacial score (nSPS) is 12.9. The van der Waals surface area contributed by atoms with E-state index in [0.717, 1.165) is 5.92 Å². The predicted octanol–water partition coefficient (Wildman–Crippen LogP) is 3.84. The standard InChI is InChI=1S/C13H21N/c1-10(2)9-12(4)14-13-8-6-5-7-11(13)3/h5-8,10,12,14H,9H2,1-4H3. The van der Waals surface area contributed by atoms with Gasteiger partial charge in [-0.1, -0.05) is 32.0 Å². The van der Waals surface area contributed by atoms with Gasteiger partial charge in [0.05, 0.1) is 0 Å². The van der Waals surface area contributed by atoms with Gasteiger partial charge in [0.25, 0.3) is 0 Å². The van der Waals surface area contributed by atoms with Gasteiger partial charge in [0.2, 0.25) is 0 Å². The van der Waals surface area contributed by atoms with Crippen LogP contribution in [-0.2, 0) is 0 Å². The van der Waals surface area contributed by atoms with E-state index in [0.29, 0.717) is 6.04 Å². The Morgan fingerprint density at radius 2 is 1.79 bits per heavy atom. The van der Waals surface area contributed by atoms with Crippen molar-refractivity contribution < 1.29 is 0 Å². The van der Waals surface area contributed by atoms with Crippen molar-refractivity contribution in [2.75, 3.05) is 5.32 Å². The average molecular weight is 191 g/mol. The molecule has 0 aliphatic rings. The monoisotopic (exact) mass is 191 g/mol. The van der Waals surface area contributed by atoms with E-state index in [1.165, 1.54) is 17.7 Å². The summed E-state index contributed by atoms with van der Waals surface area (Å²) in [5, 5.41) is 3.54. The largest absolute Gasteiger partial charge is 0.382 e. The molecule has 0 saturated carbocycles. The summed E-state index contributed by atoms with van der Waals surface area (Å²) >= 11 is 0. The molecule has 1 N–H and O–H groups in total. The summed E-state index contributed by atoms with van der Waals surface area (Å²) in [7, 11) is 0. The van der Waals surface area contributed by atoms with Gasteiger partial charge in [-0.05, 0) is 37.8 Å². The second-order valence-electron chi connectivity index (χ2n) is 4.49. The first-order chi connectivity index (χ1) is 6.59. The van der Waals surface area contributed by atoms with Gasteiger partial charge in [-0.25, -0.2) is 0 Å². The fourth-order valence-electron chi connectivity index (χ4n) is 1.77. The highest BCUT2D eigenvalue weighted by molar-refractivity contribution is 5.50. The van der Waals surface area contributed by atoms with E-state index in [2.05, 4.69) is 57.3 Å². The second kappa shape index (κ2) is 5.04. The Morgan fingerprint density at radius 1 is 1.14 bits per heavy atom. The number of rotatable bonds is 4. The first kappa shape index (κ1) is 11.1. The Morgan fingerprint density at radius 3 is 2.36 bits per heavy atom. The highest BCUT2D eigenvalue weighted by Gasteiger charge is 2.05. The van der Waals surface area contributed by atoms with Crippen LogP contribution in [0, 0.1) is 12.8 Å². The summed E-state index contributed by atoms with van der Waals surface area (Å²) < 4.78 is 0. The number of nitrogens with one attached hydrogen (secondary N) is 1. The Hall–Kier alpha value is -0.980. The smallest absolute Gasteiger partial charge is 0.0371 e. The third-order valence-electron chi connectivity index (χ3n) is 2.37. The maximum Gasteiger partial charge on any atom is 0.0371 e. The fourth-order valence-corrected chi connectivity index (χ4v) is 1.77. The van der Waals surface area contributed by atoms with Crippen molar-refractivity contribution in [2.45, 2.75) is 40.2 Å². The van der Waals surface area contributed by atoms with E-state index in [9.17, 15) is 0 Å². The van der Waals surface area contributed by atoms with Crippen molar-refractivity contribution in [2.24, 2.45) is 5.92 Å². The van der Waals surface area contributed by atoms with E-state index in [-0.39, 0.29) is 0 Å². The van der Waals surface area contributed by atoms with Crippen molar-refractivity contribution in [1.82, 2.24) is 0 Å². The SMILES string of the molecule is Cc1ccccc1NC(C)CC(C)C. The van der Waals surface area contributed by atoms with Gasteiger partial charge in [0, 0.05) is 11.7 Å². The Bertz CT molecular complexity index is 278. The summed E-state index contributed by atoms with van der Waals surface area (Å²) in [6.45, 7) is 8.91. The molecule has 0 bridgehead atoms. The van der Waals surface area contributed by atoms with Crippen molar-refractivity contribution in [3.05, 3.63) is 29.8 Å². The highest BCUT2D eigenvalue weighted by atomic mass is 14.9. The summed E-state index contributed by atoms with van der Waals surface area (Å²) in [5.41, 5.74) is 2.59. The second-order valence-corrected chi connectivity index (χ2v) is 4.49. The lowest BCUT2D eigenvalue weighted by Gasteiger charge is -2.18. The van der Waals surface area contributed by atoms with Gasteiger partial charge in [0.1, 0.15) is 0 Å². The van der Waals surface area contributed by atoms with E-state index >= 15 is 0 Å². The molecule has 1 heteroatoms. The molecule has 0 aliphatic heterocycles. The lowest BCUT2D eigenvalue weighted by atomic mass is 10.0. The number of hydrogen-bond acceptors (Lipinski definition) is 1. The van der Waals surface area contributed by atoms with Gasteiger partial charge in [0.15, 0.2) is 0 Å². The van der Waals surface area contributed by atoms with Crippen molar-refractivity contribution in [3.63, 3.8) is 0 Å². The average Bonchev–Trinajstić information content (AvgIpc) is 2.07. The summed E-state index contributed by atoms with van der Waals surface area (Å²) in [6.07, 6.45) is 1.22. The van der Waals surface area contributed by atoms with Crippen molar-refractivity contribution in [1.29, 1.82) is 0 Å². The van der Waals surface area contributed by atoms with Crippen LogP contribution in [0.2, 0.25) is 0 Å². The number of aryl methyl sites for hydroxylation is 1. The molecule has 1 unspecified atom stereocenters. The zero-order chi connectivity index (χ0) is 10.6. The van der Waals surface area contributed by atoms with Crippen LogP contribution in [0.5, 0.6) is 0 Å².